The van der Waals surface area contributed by atoms with E-state index in [1.165, 1.54) is 19.3 Å². The minimum Gasteiger partial charge on any atom is -0.382 e. The fourth-order valence-electron chi connectivity index (χ4n) is 2.20. The molecule has 0 bridgehead atoms. The van der Waals surface area contributed by atoms with Crippen LogP contribution >= 0.6 is 15.9 Å². The Bertz CT molecular complexity index is 602. The maximum absolute atomic E-state index is 11.3. The van der Waals surface area contributed by atoms with Crippen LogP contribution in [0.4, 0.5) is 5.69 Å². The highest BCUT2D eigenvalue weighted by molar-refractivity contribution is 9.10. The summed E-state index contributed by atoms with van der Waals surface area (Å²) in [6.07, 6.45) is 4.91. The molecule has 1 aromatic carbocycles. The van der Waals surface area contributed by atoms with E-state index in [4.69, 9.17) is 0 Å². The lowest BCUT2D eigenvalue weighted by atomic mass is 10.1. The first-order chi connectivity index (χ1) is 9.10. The third-order valence-electron chi connectivity index (χ3n) is 3.25. The zero-order valence-electron chi connectivity index (χ0n) is 11.3. The molecule has 1 atom stereocenters. The summed E-state index contributed by atoms with van der Waals surface area (Å²) >= 11 is 3.54. The van der Waals surface area contributed by atoms with E-state index >= 15 is 0 Å². The lowest BCUT2D eigenvalue weighted by Gasteiger charge is -2.16. The number of benzene rings is 1. The number of anilines is 1. The number of hydrogen-bond donors (Lipinski definition) is 3. The quantitative estimate of drug-likeness (QED) is 0.703. The van der Waals surface area contributed by atoms with Crippen LogP contribution in [0.1, 0.15) is 39.5 Å². The van der Waals surface area contributed by atoms with Gasteiger partial charge in [-0.2, -0.15) is 0 Å². The molecule has 2 aromatic rings. The highest BCUT2D eigenvalue weighted by Crippen LogP contribution is 2.27. The molecule has 0 saturated heterocycles. The molecule has 1 unspecified atom stereocenters. The van der Waals surface area contributed by atoms with Gasteiger partial charge in [-0.05, 0) is 41.4 Å². The number of halogens is 1. The minimum absolute atomic E-state index is 0.171. The predicted molar refractivity (Wildman–Crippen MR) is 83.8 cm³/mol. The first kappa shape index (κ1) is 14.2. The summed E-state index contributed by atoms with van der Waals surface area (Å²) in [5, 5.41) is 3.49. The molecule has 0 spiro atoms. The van der Waals surface area contributed by atoms with Crippen molar-refractivity contribution in [3.63, 3.8) is 0 Å². The molecular weight excluding hydrogens is 306 g/mol. The molecule has 2 rings (SSSR count). The average Bonchev–Trinajstić information content (AvgIpc) is 2.69. The van der Waals surface area contributed by atoms with E-state index in [9.17, 15) is 4.79 Å². The Hall–Kier alpha value is -1.23. The maximum Gasteiger partial charge on any atom is 0.323 e. The third-order valence-corrected chi connectivity index (χ3v) is 3.90. The summed E-state index contributed by atoms with van der Waals surface area (Å²) in [4.78, 5) is 16.8. The second-order valence-electron chi connectivity index (χ2n) is 5.00. The Morgan fingerprint density at radius 1 is 1.26 bits per heavy atom. The Labute approximate surface area is 121 Å². The van der Waals surface area contributed by atoms with Crippen molar-refractivity contribution < 1.29 is 0 Å². The molecular formula is C14H20BrN3O. The Morgan fingerprint density at radius 3 is 2.63 bits per heavy atom. The second kappa shape index (κ2) is 6.28. The van der Waals surface area contributed by atoms with Crippen molar-refractivity contribution in [2.45, 2.75) is 45.6 Å². The molecule has 0 aliphatic rings. The molecule has 0 amide bonds. The first-order valence-electron chi connectivity index (χ1n) is 6.78. The highest BCUT2D eigenvalue weighted by Gasteiger charge is 2.08. The van der Waals surface area contributed by atoms with Crippen molar-refractivity contribution in [3.8, 4) is 0 Å². The van der Waals surface area contributed by atoms with Crippen LogP contribution in [0.2, 0.25) is 0 Å². The number of aromatic nitrogens is 2. The van der Waals surface area contributed by atoms with Crippen molar-refractivity contribution in [3.05, 3.63) is 27.1 Å². The molecule has 0 fully saturated rings. The Balaban J connectivity index is 2.11. The smallest absolute Gasteiger partial charge is 0.323 e. The zero-order valence-corrected chi connectivity index (χ0v) is 12.9. The van der Waals surface area contributed by atoms with Crippen molar-refractivity contribution in [1.29, 1.82) is 0 Å². The van der Waals surface area contributed by atoms with Gasteiger partial charge in [-0.3, -0.25) is 0 Å². The van der Waals surface area contributed by atoms with E-state index in [0.29, 0.717) is 6.04 Å². The van der Waals surface area contributed by atoms with Crippen molar-refractivity contribution in [2.75, 3.05) is 5.32 Å². The van der Waals surface area contributed by atoms with Crippen LogP contribution in [-0.2, 0) is 0 Å². The monoisotopic (exact) mass is 325 g/mol. The maximum atomic E-state index is 11.3. The van der Waals surface area contributed by atoms with Crippen LogP contribution in [-0.4, -0.2) is 16.0 Å². The fraction of sp³-hybridized carbons (Fsp3) is 0.500. The van der Waals surface area contributed by atoms with Gasteiger partial charge in [-0.1, -0.05) is 26.2 Å². The molecule has 0 aliphatic heterocycles. The van der Waals surface area contributed by atoms with Crippen molar-refractivity contribution in [2.24, 2.45) is 0 Å². The number of imidazole rings is 1. The molecule has 0 radical (unpaired) electrons. The number of fused-ring (bicyclic) bond motifs is 1. The van der Waals surface area contributed by atoms with Crippen molar-refractivity contribution in [1.82, 2.24) is 9.97 Å². The third kappa shape index (κ3) is 3.62. The predicted octanol–water partition coefficient (Wildman–Crippen LogP) is 4.00. The zero-order chi connectivity index (χ0) is 13.8. The first-order valence-corrected chi connectivity index (χ1v) is 7.57. The summed E-state index contributed by atoms with van der Waals surface area (Å²) in [6.45, 7) is 4.40. The fourth-order valence-corrected chi connectivity index (χ4v) is 2.66. The van der Waals surface area contributed by atoms with Gasteiger partial charge in [0.1, 0.15) is 0 Å². The van der Waals surface area contributed by atoms with Crippen LogP contribution in [0.15, 0.2) is 21.4 Å². The molecule has 4 nitrogen and oxygen atoms in total. The van der Waals surface area contributed by atoms with Gasteiger partial charge in [-0.25, -0.2) is 4.79 Å². The van der Waals surface area contributed by atoms with E-state index in [0.717, 1.165) is 27.6 Å². The largest absolute Gasteiger partial charge is 0.382 e. The standard InChI is InChI=1S/C14H20BrN3O/c1-3-4-5-6-9(2)16-11-8-13-12(7-10(11)15)17-14(19)18-13/h7-9,16H,3-6H2,1-2H3,(H2,17,18,19). The van der Waals surface area contributed by atoms with Crippen LogP contribution in [0.3, 0.4) is 0 Å². The summed E-state index contributed by atoms with van der Waals surface area (Å²) in [7, 11) is 0. The van der Waals surface area contributed by atoms with Gasteiger partial charge in [0.15, 0.2) is 0 Å². The second-order valence-corrected chi connectivity index (χ2v) is 5.85. The van der Waals surface area contributed by atoms with E-state index < -0.39 is 0 Å². The molecule has 1 aromatic heterocycles. The molecule has 5 heteroatoms. The molecule has 1 heterocycles. The van der Waals surface area contributed by atoms with Crippen LogP contribution in [0.25, 0.3) is 11.0 Å². The molecule has 0 saturated carbocycles. The molecule has 19 heavy (non-hydrogen) atoms. The molecule has 0 aliphatic carbocycles. The molecule has 104 valence electrons. The molecule has 3 N–H and O–H groups in total. The van der Waals surface area contributed by atoms with Gasteiger partial charge in [0.25, 0.3) is 0 Å². The lowest BCUT2D eigenvalue weighted by molar-refractivity contribution is 0.615. The van der Waals surface area contributed by atoms with Gasteiger partial charge < -0.3 is 15.3 Å². The van der Waals surface area contributed by atoms with E-state index in [-0.39, 0.29) is 5.69 Å². The number of aromatic amines is 2. The SMILES string of the molecule is CCCCCC(C)Nc1cc2[nH]c(=O)[nH]c2cc1Br. The van der Waals surface area contributed by atoms with Gasteiger partial charge in [0, 0.05) is 10.5 Å². The number of nitrogens with one attached hydrogen (secondary N) is 3. The summed E-state index contributed by atoms with van der Waals surface area (Å²) in [6, 6.07) is 4.31. The van der Waals surface area contributed by atoms with E-state index in [2.05, 4.69) is 45.1 Å². The van der Waals surface area contributed by atoms with Gasteiger partial charge in [0.2, 0.25) is 0 Å². The number of hydrogen-bond acceptors (Lipinski definition) is 2. The van der Waals surface area contributed by atoms with E-state index in [1.54, 1.807) is 0 Å². The topological polar surface area (TPSA) is 60.7 Å². The van der Waals surface area contributed by atoms with Gasteiger partial charge in [-0.15, -0.1) is 0 Å². The Morgan fingerprint density at radius 2 is 1.95 bits per heavy atom. The van der Waals surface area contributed by atoms with E-state index in [1.807, 2.05) is 12.1 Å². The normalized spacial score (nSPS) is 12.8. The Kier molecular flexibility index (Phi) is 4.69. The van der Waals surface area contributed by atoms with Gasteiger partial charge >= 0.3 is 5.69 Å². The summed E-state index contributed by atoms with van der Waals surface area (Å²) in [5.41, 5.74) is 2.50. The lowest BCUT2D eigenvalue weighted by Crippen LogP contribution is -2.15. The van der Waals surface area contributed by atoms with Crippen molar-refractivity contribution >= 4 is 32.7 Å². The van der Waals surface area contributed by atoms with Crippen LogP contribution in [0, 0.1) is 0 Å². The number of H-pyrrole nitrogens is 2. The summed E-state index contributed by atoms with van der Waals surface area (Å²) in [5.74, 6) is 0. The van der Waals surface area contributed by atoms with Gasteiger partial charge in [0.05, 0.1) is 16.7 Å². The minimum atomic E-state index is -0.171. The average molecular weight is 326 g/mol. The van der Waals surface area contributed by atoms with Crippen LogP contribution in [0.5, 0.6) is 0 Å². The van der Waals surface area contributed by atoms with Crippen LogP contribution < -0.4 is 11.0 Å². The number of rotatable bonds is 6. The summed E-state index contributed by atoms with van der Waals surface area (Å²) < 4.78 is 0.970. The highest BCUT2D eigenvalue weighted by atomic mass is 79.9. The number of unbranched alkanes of at least 4 members (excludes halogenated alkanes) is 2.